The van der Waals surface area contributed by atoms with E-state index in [1.165, 1.54) is 12.4 Å². The molecule has 0 aromatic carbocycles. The number of alkyl halides is 2. The van der Waals surface area contributed by atoms with Crippen LogP contribution in [0.4, 0.5) is 26.2 Å². The summed E-state index contributed by atoms with van der Waals surface area (Å²) in [5.41, 5.74) is 1.34. The molecule has 1 fully saturated rings. The van der Waals surface area contributed by atoms with Crippen LogP contribution in [0.1, 0.15) is 18.4 Å². The van der Waals surface area contributed by atoms with Crippen LogP contribution in [0, 0.1) is 13.5 Å². The van der Waals surface area contributed by atoms with Crippen molar-refractivity contribution in [2.24, 2.45) is 0 Å². The van der Waals surface area contributed by atoms with E-state index in [1.807, 2.05) is 6.92 Å². The van der Waals surface area contributed by atoms with Gasteiger partial charge in [0.15, 0.2) is 0 Å². The highest BCUT2D eigenvalue weighted by Gasteiger charge is 2.29. The Kier molecular flexibility index (Phi) is 6.54. The number of hydrogen-bond donors (Lipinski definition) is 2. The van der Waals surface area contributed by atoms with Crippen molar-refractivity contribution in [1.82, 2.24) is 24.6 Å². The Morgan fingerprint density at radius 1 is 1.45 bits per heavy atom. The zero-order chi connectivity index (χ0) is 20.8. The molecule has 1 atom stereocenters. The number of aryl methyl sites for hydroxylation is 1. The predicted octanol–water partition coefficient (Wildman–Crippen LogP) is 2.31. The molecule has 11 heteroatoms. The van der Waals surface area contributed by atoms with E-state index in [9.17, 15) is 13.6 Å². The van der Waals surface area contributed by atoms with E-state index in [1.54, 1.807) is 11.1 Å². The number of nitrogens with zero attached hydrogens (tertiary/aromatic N) is 6. The Morgan fingerprint density at radius 3 is 3.03 bits per heavy atom. The van der Waals surface area contributed by atoms with Crippen molar-refractivity contribution in [2.45, 2.75) is 38.8 Å². The minimum Gasteiger partial charge on any atom is -0.368 e. The van der Waals surface area contributed by atoms with Crippen molar-refractivity contribution in [3.8, 4) is 0 Å². The molecule has 154 valence electrons. The summed E-state index contributed by atoms with van der Waals surface area (Å²) >= 11 is 0. The fraction of sp³-hybridized carbons (Fsp3) is 0.500. The topological polar surface area (TPSA) is 92.3 Å². The normalized spacial score (nSPS) is 16.1. The molecule has 2 aromatic heterocycles. The molecule has 1 aliphatic heterocycles. The van der Waals surface area contributed by atoms with Crippen LogP contribution >= 0.6 is 0 Å². The Balaban J connectivity index is 1.62. The summed E-state index contributed by atoms with van der Waals surface area (Å²) in [6.45, 7) is 9.32. The van der Waals surface area contributed by atoms with Crippen LogP contribution in [0.5, 0.6) is 0 Å². The van der Waals surface area contributed by atoms with Crippen LogP contribution in [0.3, 0.4) is 0 Å². The van der Waals surface area contributed by atoms with Crippen molar-refractivity contribution in [2.75, 3.05) is 30.3 Å². The third-order valence-corrected chi connectivity index (χ3v) is 4.60. The van der Waals surface area contributed by atoms with Crippen LogP contribution in [0.25, 0.3) is 4.85 Å². The predicted molar refractivity (Wildman–Crippen MR) is 103 cm³/mol. The van der Waals surface area contributed by atoms with Gasteiger partial charge in [-0.1, -0.05) is 0 Å². The molecule has 0 unspecified atom stereocenters. The maximum absolute atomic E-state index is 12.4. The van der Waals surface area contributed by atoms with E-state index in [0.29, 0.717) is 30.5 Å². The molecule has 0 radical (unpaired) electrons. The molecule has 0 saturated carbocycles. The molecule has 2 aromatic rings. The first-order chi connectivity index (χ1) is 14.0. The second-order valence-corrected chi connectivity index (χ2v) is 6.77. The lowest BCUT2D eigenvalue weighted by atomic mass is 10.2. The molecule has 1 aliphatic rings. The maximum atomic E-state index is 12.4. The second kappa shape index (κ2) is 9.27. The zero-order valence-corrected chi connectivity index (χ0v) is 16.0. The molecule has 0 aliphatic carbocycles. The van der Waals surface area contributed by atoms with Gasteiger partial charge in [-0.15, -0.1) is 0 Å². The lowest BCUT2D eigenvalue weighted by Gasteiger charge is -2.23. The van der Waals surface area contributed by atoms with Crippen LogP contribution in [-0.4, -0.2) is 62.7 Å². The van der Waals surface area contributed by atoms with E-state index in [-0.39, 0.29) is 18.5 Å². The van der Waals surface area contributed by atoms with Gasteiger partial charge in [0.25, 0.3) is 13.0 Å². The highest BCUT2D eigenvalue weighted by atomic mass is 19.3. The number of halogens is 2. The molecule has 3 rings (SSSR count). The van der Waals surface area contributed by atoms with Crippen LogP contribution < -0.4 is 10.6 Å². The standard InChI is InChI=1S/C18H22F2N8O/c1-12-6-23-18(25-13-7-24-27(10-13)11-15(19)20)26-17(12)22-8-14-4-3-5-28(14)16(29)9-21-2/h6-7,10,14-15H,3-5,8-9,11H2,1H3,(H2,22,23,25,26)/t14-/m1/s1. The Hall–Kier alpha value is -3.29. The number of carbonyl (C=O) groups is 1. The van der Waals surface area contributed by atoms with Gasteiger partial charge in [0, 0.05) is 37.1 Å². The van der Waals surface area contributed by atoms with E-state index >= 15 is 0 Å². The van der Waals surface area contributed by atoms with Crippen molar-refractivity contribution in [1.29, 1.82) is 0 Å². The number of hydrogen-bond acceptors (Lipinski definition) is 6. The minimum atomic E-state index is -2.48. The number of rotatable bonds is 8. The van der Waals surface area contributed by atoms with Gasteiger partial charge < -0.3 is 20.4 Å². The number of aromatic nitrogens is 4. The summed E-state index contributed by atoms with van der Waals surface area (Å²) in [5.74, 6) is 0.779. The van der Waals surface area contributed by atoms with Crippen molar-refractivity contribution < 1.29 is 13.6 Å². The third-order valence-electron chi connectivity index (χ3n) is 4.60. The van der Waals surface area contributed by atoms with Gasteiger partial charge >= 0.3 is 5.91 Å². The molecular formula is C18H22F2N8O. The molecule has 2 N–H and O–H groups in total. The van der Waals surface area contributed by atoms with Gasteiger partial charge in [-0.05, 0) is 19.8 Å². The van der Waals surface area contributed by atoms with E-state index in [2.05, 4.69) is 30.5 Å². The first-order valence-corrected chi connectivity index (χ1v) is 9.24. The van der Waals surface area contributed by atoms with Crippen molar-refractivity contribution in [3.63, 3.8) is 0 Å². The first-order valence-electron chi connectivity index (χ1n) is 9.24. The Morgan fingerprint density at radius 2 is 2.28 bits per heavy atom. The quantitative estimate of drug-likeness (QED) is 0.656. The summed E-state index contributed by atoms with van der Waals surface area (Å²) < 4.78 is 26.0. The third kappa shape index (κ3) is 5.37. The zero-order valence-electron chi connectivity index (χ0n) is 16.0. The van der Waals surface area contributed by atoms with E-state index in [4.69, 9.17) is 6.57 Å². The molecule has 1 saturated heterocycles. The molecule has 1 amide bonds. The largest absolute Gasteiger partial charge is 0.368 e. The number of nitrogens with one attached hydrogen (secondary N) is 2. The average Bonchev–Trinajstić information content (AvgIpc) is 3.31. The van der Waals surface area contributed by atoms with Gasteiger partial charge in [-0.3, -0.25) is 9.48 Å². The lowest BCUT2D eigenvalue weighted by Crippen LogP contribution is -2.40. The second-order valence-electron chi connectivity index (χ2n) is 6.77. The Labute approximate surface area is 166 Å². The number of anilines is 3. The van der Waals surface area contributed by atoms with Gasteiger partial charge in [0.2, 0.25) is 5.95 Å². The van der Waals surface area contributed by atoms with Crippen LogP contribution in [-0.2, 0) is 11.3 Å². The first kappa shape index (κ1) is 20.4. The smallest absolute Gasteiger partial charge is 0.303 e. The summed E-state index contributed by atoms with van der Waals surface area (Å²) in [4.78, 5) is 25.6. The van der Waals surface area contributed by atoms with Crippen molar-refractivity contribution in [3.05, 3.63) is 35.6 Å². The van der Waals surface area contributed by atoms with E-state index < -0.39 is 13.0 Å². The molecule has 29 heavy (non-hydrogen) atoms. The highest BCUT2D eigenvalue weighted by molar-refractivity contribution is 5.80. The maximum Gasteiger partial charge on any atom is 0.303 e. The summed E-state index contributed by atoms with van der Waals surface area (Å²) in [6.07, 6.45) is 3.84. The molecular weight excluding hydrogens is 382 g/mol. The highest BCUT2D eigenvalue weighted by Crippen LogP contribution is 2.20. The van der Waals surface area contributed by atoms with Gasteiger partial charge in [0.1, 0.15) is 12.4 Å². The SMILES string of the molecule is [C-]#[N+]CC(=O)N1CCC[C@@H]1CNc1nc(Nc2cnn(CC(F)F)c2)ncc1C. The molecule has 3 heterocycles. The molecule has 0 bridgehead atoms. The minimum absolute atomic E-state index is 0.0163. The molecule has 9 nitrogen and oxygen atoms in total. The monoisotopic (exact) mass is 404 g/mol. The van der Waals surface area contributed by atoms with Crippen LogP contribution in [0.15, 0.2) is 18.6 Å². The number of likely N-dealkylation sites (tertiary alicyclic amines) is 1. The molecule has 0 spiro atoms. The Bertz CT molecular complexity index is 894. The summed E-state index contributed by atoms with van der Waals surface area (Å²) in [7, 11) is 0. The van der Waals surface area contributed by atoms with Gasteiger partial charge in [-0.2, -0.15) is 10.1 Å². The number of carbonyl (C=O) groups excluding carboxylic acids is 1. The fourth-order valence-corrected chi connectivity index (χ4v) is 3.23. The van der Waals surface area contributed by atoms with Crippen LogP contribution in [0.2, 0.25) is 0 Å². The van der Waals surface area contributed by atoms with Crippen molar-refractivity contribution >= 4 is 23.4 Å². The summed E-state index contributed by atoms with van der Waals surface area (Å²) in [6, 6.07) is 0.0163. The van der Waals surface area contributed by atoms with Gasteiger partial charge in [0.05, 0.1) is 11.9 Å². The fourth-order valence-electron chi connectivity index (χ4n) is 3.23. The van der Waals surface area contributed by atoms with Gasteiger partial charge in [-0.25, -0.2) is 20.3 Å². The summed E-state index contributed by atoms with van der Waals surface area (Å²) in [5, 5.41) is 10.1. The van der Waals surface area contributed by atoms with E-state index in [0.717, 1.165) is 23.1 Å². The lowest BCUT2D eigenvalue weighted by molar-refractivity contribution is -0.129. The average molecular weight is 404 g/mol. The number of amides is 1.